The van der Waals surface area contributed by atoms with Gasteiger partial charge in [-0.15, -0.1) is 0 Å². The molecule has 1 unspecified atom stereocenters. The van der Waals surface area contributed by atoms with Crippen molar-refractivity contribution < 1.29 is 9.53 Å². The molecule has 0 saturated carbocycles. The molecule has 0 aromatic heterocycles. The first-order chi connectivity index (χ1) is 5.74. The third-order valence-electron chi connectivity index (χ3n) is 1.62. The van der Waals surface area contributed by atoms with Gasteiger partial charge in [0.2, 0.25) is 0 Å². The summed E-state index contributed by atoms with van der Waals surface area (Å²) in [5.74, 6) is 0.836. The third-order valence-corrected chi connectivity index (χ3v) is 2.36. The average Bonchev–Trinajstić information content (AvgIpc) is 2.11. The van der Waals surface area contributed by atoms with E-state index in [4.69, 9.17) is 0 Å². The SMILES string of the molecule is CCC(CSC)NCC(=O)OC. The summed E-state index contributed by atoms with van der Waals surface area (Å²) >= 11 is 1.78. The highest BCUT2D eigenvalue weighted by Gasteiger charge is 2.06. The van der Waals surface area contributed by atoms with Crippen molar-refractivity contribution in [2.24, 2.45) is 0 Å². The van der Waals surface area contributed by atoms with Crippen LogP contribution in [0.25, 0.3) is 0 Å². The maximum atomic E-state index is 10.7. The molecule has 4 heteroatoms. The smallest absolute Gasteiger partial charge is 0.319 e. The van der Waals surface area contributed by atoms with Crippen molar-refractivity contribution in [2.75, 3.05) is 25.7 Å². The average molecular weight is 191 g/mol. The lowest BCUT2D eigenvalue weighted by Gasteiger charge is -2.14. The number of nitrogens with one attached hydrogen (secondary N) is 1. The predicted octanol–water partition coefficient (Wildman–Crippen LogP) is 0.891. The van der Waals surface area contributed by atoms with E-state index in [2.05, 4.69) is 23.2 Å². The second-order valence-electron chi connectivity index (χ2n) is 2.52. The molecule has 0 fully saturated rings. The molecule has 0 heterocycles. The number of carbonyl (C=O) groups is 1. The van der Waals surface area contributed by atoms with Gasteiger partial charge in [-0.1, -0.05) is 6.92 Å². The Kier molecular flexibility index (Phi) is 7.29. The highest BCUT2D eigenvalue weighted by Crippen LogP contribution is 2.00. The van der Waals surface area contributed by atoms with Gasteiger partial charge in [0, 0.05) is 11.8 Å². The van der Waals surface area contributed by atoms with Crippen LogP contribution in [0.2, 0.25) is 0 Å². The molecule has 0 aliphatic rings. The molecule has 1 N–H and O–H groups in total. The molecule has 0 saturated heterocycles. The van der Waals surface area contributed by atoms with E-state index in [0.717, 1.165) is 12.2 Å². The lowest BCUT2D eigenvalue weighted by atomic mass is 10.2. The van der Waals surface area contributed by atoms with Gasteiger partial charge < -0.3 is 10.1 Å². The van der Waals surface area contributed by atoms with E-state index in [0.29, 0.717) is 12.6 Å². The van der Waals surface area contributed by atoms with Gasteiger partial charge in [0.15, 0.2) is 0 Å². The number of carbonyl (C=O) groups excluding carboxylic acids is 1. The molecule has 72 valence electrons. The van der Waals surface area contributed by atoms with Crippen LogP contribution in [0.4, 0.5) is 0 Å². The van der Waals surface area contributed by atoms with E-state index in [1.165, 1.54) is 7.11 Å². The van der Waals surface area contributed by atoms with Crippen LogP contribution in [0.5, 0.6) is 0 Å². The first-order valence-electron chi connectivity index (χ1n) is 4.03. The van der Waals surface area contributed by atoms with Gasteiger partial charge in [0.1, 0.15) is 0 Å². The maximum absolute atomic E-state index is 10.7. The van der Waals surface area contributed by atoms with Crippen molar-refractivity contribution in [3.05, 3.63) is 0 Å². The summed E-state index contributed by atoms with van der Waals surface area (Å²) in [5, 5.41) is 3.13. The largest absolute Gasteiger partial charge is 0.468 e. The molecular weight excluding hydrogens is 174 g/mol. The minimum Gasteiger partial charge on any atom is -0.468 e. The molecule has 0 bridgehead atoms. The van der Waals surface area contributed by atoms with Gasteiger partial charge in [-0.3, -0.25) is 4.79 Å². The number of ether oxygens (including phenoxy) is 1. The zero-order chi connectivity index (χ0) is 9.40. The summed E-state index contributed by atoms with van der Waals surface area (Å²) in [6, 6.07) is 0.416. The lowest BCUT2D eigenvalue weighted by molar-refractivity contribution is -0.139. The van der Waals surface area contributed by atoms with Gasteiger partial charge >= 0.3 is 5.97 Å². The van der Waals surface area contributed by atoms with E-state index in [1.54, 1.807) is 11.8 Å². The van der Waals surface area contributed by atoms with E-state index in [-0.39, 0.29) is 5.97 Å². The van der Waals surface area contributed by atoms with Crippen LogP contribution in [0.3, 0.4) is 0 Å². The van der Waals surface area contributed by atoms with Gasteiger partial charge in [-0.05, 0) is 12.7 Å². The second-order valence-corrected chi connectivity index (χ2v) is 3.43. The number of hydrogen-bond acceptors (Lipinski definition) is 4. The fourth-order valence-electron chi connectivity index (χ4n) is 0.822. The van der Waals surface area contributed by atoms with Gasteiger partial charge in [0.25, 0.3) is 0 Å². The standard InChI is InChI=1S/C8H17NO2S/c1-4-7(6-12-3)9-5-8(10)11-2/h7,9H,4-6H2,1-3H3. The third kappa shape index (κ3) is 5.43. The molecule has 0 radical (unpaired) electrons. The zero-order valence-corrected chi connectivity index (χ0v) is 8.74. The van der Waals surface area contributed by atoms with Crippen molar-refractivity contribution in [3.8, 4) is 0 Å². The molecule has 0 aromatic rings. The molecule has 0 rings (SSSR count). The Balaban J connectivity index is 3.50. The molecule has 0 aromatic carbocycles. The molecule has 0 aliphatic heterocycles. The van der Waals surface area contributed by atoms with Crippen molar-refractivity contribution >= 4 is 17.7 Å². The zero-order valence-electron chi connectivity index (χ0n) is 7.92. The molecular formula is C8H17NO2S. The molecule has 0 aliphatic carbocycles. The van der Waals surface area contributed by atoms with Crippen molar-refractivity contribution in [1.82, 2.24) is 5.32 Å². The second kappa shape index (κ2) is 7.43. The van der Waals surface area contributed by atoms with Crippen LogP contribution < -0.4 is 5.32 Å². The summed E-state index contributed by atoms with van der Waals surface area (Å²) in [5.41, 5.74) is 0. The number of methoxy groups -OCH3 is 1. The summed E-state index contributed by atoms with van der Waals surface area (Å²) in [6.07, 6.45) is 3.10. The monoisotopic (exact) mass is 191 g/mol. The first-order valence-corrected chi connectivity index (χ1v) is 5.43. The lowest BCUT2D eigenvalue weighted by Crippen LogP contribution is -2.35. The van der Waals surface area contributed by atoms with E-state index in [1.807, 2.05) is 0 Å². The van der Waals surface area contributed by atoms with Crippen LogP contribution in [0.15, 0.2) is 0 Å². The quantitative estimate of drug-likeness (QED) is 0.633. The maximum Gasteiger partial charge on any atom is 0.319 e. The molecule has 12 heavy (non-hydrogen) atoms. The van der Waals surface area contributed by atoms with Gasteiger partial charge in [0.05, 0.1) is 13.7 Å². The summed E-state index contributed by atoms with van der Waals surface area (Å²) in [7, 11) is 1.40. The Morgan fingerprint density at radius 1 is 1.67 bits per heavy atom. The number of hydrogen-bond donors (Lipinski definition) is 1. The fourth-order valence-corrected chi connectivity index (χ4v) is 1.58. The summed E-state index contributed by atoms with van der Waals surface area (Å²) < 4.78 is 4.52. The summed E-state index contributed by atoms with van der Waals surface area (Å²) in [4.78, 5) is 10.7. The number of rotatable bonds is 6. The van der Waals surface area contributed by atoms with Crippen LogP contribution >= 0.6 is 11.8 Å². The molecule has 0 amide bonds. The Labute approximate surface area is 78.2 Å². The Morgan fingerprint density at radius 3 is 2.75 bits per heavy atom. The summed E-state index contributed by atoms with van der Waals surface area (Å²) in [6.45, 7) is 2.42. The number of thioether (sulfide) groups is 1. The van der Waals surface area contributed by atoms with Gasteiger partial charge in [-0.25, -0.2) is 0 Å². The number of esters is 1. The molecule has 1 atom stereocenters. The Bertz CT molecular complexity index is 130. The minimum atomic E-state index is -0.199. The van der Waals surface area contributed by atoms with Gasteiger partial charge in [-0.2, -0.15) is 11.8 Å². The highest BCUT2D eigenvalue weighted by atomic mass is 32.2. The Hall–Kier alpha value is -0.220. The fraction of sp³-hybridized carbons (Fsp3) is 0.875. The van der Waals surface area contributed by atoms with Crippen molar-refractivity contribution in [1.29, 1.82) is 0 Å². The van der Waals surface area contributed by atoms with Crippen LogP contribution in [-0.4, -0.2) is 37.7 Å². The molecule has 3 nitrogen and oxygen atoms in total. The molecule has 0 spiro atoms. The van der Waals surface area contributed by atoms with Crippen molar-refractivity contribution in [3.63, 3.8) is 0 Å². The van der Waals surface area contributed by atoms with Crippen molar-refractivity contribution in [2.45, 2.75) is 19.4 Å². The Morgan fingerprint density at radius 2 is 2.33 bits per heavy atom. The normalized spacial score (nSPS) is 12.6. The van der Waals surface area contributed by atoms with Crippen LogP contribution in [0, 0.1) is 0 Å². The minimum absolute atomic E-state index is 0.199. The van der Waals surface area contributed by atoms with E-state index in [9.17, 15) is 4.79 Å². The topological polar surface area (TPSA) is 38.3 Å². The first kappa shape index (κ1) is 11.8. The highest BCUT2D eigenvalue weighted by molar-refractivity contribution is 7.98. The predicted molar refractivity (Wildman–Crippen MR) is 52.5 cm³/mol. The van der Waals surface area contributed by atoms with E-state index >= 15 is 0 Å². The van der Waals surface area contributed by atoms with Crippen LogP contribution in [-0.2, 0) is 9.53 Å². The van der Waals surface area contributed by atoms with Crippen LogP contribution in [0.1, 0.15) is 13.3 Å². The van der Waals surface area contributed by atoms with E-state index < -0.39 is 0 Å².